The molecule has 1 N–H and O–H groups in total. The van der Waals surface area contributed by atoms with Crippen LogP contribution >= 0.6 is 0 Å². The second kappa shape index (κ2) is 8.78. The molecule has 12 heteroatoms. The lowest BCUT2D eigenvalue weighted by atomic mass is 9.88. The molecule has 156 valence electrons. The van der Waals surface area contributed by atoms with Crippen LogP contribution in [-0.4, -0.2) is 85.0 Å². The smallest absolute Gasteiger partial charge is 0.264 e. The Kier molecular flexibility index (Phi) is 8.00. The monoisotopic (exact) mass is 420 g/mol. The molecule has 3 atom stereocenters. The summed E-state index contributed by atoms with van der Waals surface area (Å²) in [5.74, 6) is 0. The lowest BCUT2D eigenvalue weighted by Gasteiger charge is -2.35. The van der Waals surface area contributed by atoms with Gasteiger partial charge in [-0.15, -0.1) is 0 Å². The fourth-order valence-corrected chi connectivity index (χ4v) is 3.51. The fraction of sp³-hybridized carbons (Fsp3) is 1.00. The van der Waals surface area contributed by atoms with Crippen LogP contribution in [0.3, 0.4) is 0 Å². The predicted molar refractivity (Wildman–Crippen MR) is 91.5 cm³/mol. The van der Waals surface area contributed by atoms with Crippen molar-refractivity contribution in [2.24, 2.45) is 0 Å². The molecule has 0 bridgehead atoms. The van der Waals surface area contributed by atoms with Crippen molar-refractivity contribution in [3.8, 4) is 0 Å². The molecule has 0 aliphatic carbocycles. The lowest BCUT2D eigenvalue weighted by Crippen LogP contribution is -2.56. The summed E-state index contributed by atoms with van der Waals surface area (Å²) in [7, 11) is -6.47. The number of aliphatic hydroxyl groups is 1. The number of hydrogen-bond donors (Lipinski definition) is 1. The van der Waals surface area contributed by atoms with E-state index in [1.165, 1.54) is 14.0 Å². The van der Waals surface area contributed by atoms with E-state index in [0.717, 1.165) is 18.9 Å². The Hall–Kier alpha value is -0.340. The fourth-order valence-electron chi connectivity index (χ4n) is 2.68. The largest absolute Gasteiger partial charge is 0.382 e. The van der Waals surface area contributed by atoms with Crippen molar-refractivity contribution >= 4 is 20.2 Å². The maximum absolute atomic E-state index is 11.4. The Morgan fingerprint density at radius 1 is 1.08 bits per heavy atom. The third-order valence-corrected chi connectivity index (χ3v) is 4.95. The first-order valence-electron chi connectivity index (χ1n) is 8.01. The average molecular weight is 421 g/mol. The summed E-state index contributed by atoms with van der Waals surface area (Å²) in [5.41, 5.74) is -3.42. The molecule has 0 spiro atoms. The molecule has 26 heavy (non-hydrogen) atoms. The summed E-state index contributed by atoms with van der Waals surface area (Å²) in [6.07, 6.45) is 0.796. The van der Waals surface area contributed by atoms with Crippen LogP contribution in [0.4, 0.5) is 0 Å². The molecule has 0 aromatic carbocycles. The van der Waals surface area contributed by atoms with Crippen LogP contribution in [0.25, 0.3) is 0 Å². The van der Waals surface area contributed by atoms with Crippen molar-refractivity contribution in [3.05, 3.63) is 0 Å². The van der Waals surface area contributed by atoms with Crippen molar-refractivity contribution in [3.63, 3.8) is 0 Å². The third kappa shape index (κ3) is 6.37. The van der Waals surface area contributed by atoms with Crippen LogP contribution in [0.2, 0.25) is 0 Å². The van der Waals surface area contributed by atoms with Crippen LogP contribution in [0.15, 0.2) is 0 Å². The zero-order valence-electron chi connectivity index (χ0n) is 15.6. The SMILES string of the molecule is CCCCO[C@@H]1C(COS(C)(=O)=O)(COS(C)(=O)=O)O[C@H](OC)C1(C)O. The minimum absolute atomic E-state index is 0.233. The quantitative estimate of drug-likeness (QED) is 0.348. The predicted octanol–water partition coefficient (Wildman–Crippen LogP) is -0.383. The summed E-state index contributed by atoms with van der Waals surface area (Å²) in [6, 6.07) is 0. The van der Waals surface area contributed by atoms with E-state index in [9.17, 15) is 21.9 Å². The first-order valence-corrected chi connectivity index (χ1v) is 11.6. The van der Waals surface area contributed by atoms with E-state index in [2.05, 4.69) is 0 Å². The van der Waals surface area contributed by atoms with Crippen LogP contribution in [0.1, 0.15) is 26.7 Å². The van der Waals surface area contributed by atoms with E-state index < -0.39 is 57.0 Å². The van der Waals surface area contributed by atoms with Crippen LogP contribution in [0.5, 0.6) is 0 Å². The lowest BCUT2D eigenvalue weighted by molar-refractivity contribution is -0.208. The van der Waals surface area contributed by atoms with Gasteiger partial charge in [-0.05, 0) is 13.3 Å². The van der Waals surface area contributed by atoms with Crippen molar-refractivity contribution in [1.29, 1.82) is 0 Å². The first kappa shape index (κ1) is 23.7. The van der Waals surface area contributed by atoms with Gasteiger partial charge in [-0.3, -0.25) is 8.37 Å². The normalized spacial score (nSPS) is 29.2. The van der Waals surface area contributed by atoms with Crippen molar-refractivity contribution < 1.29 is 44.5 Å². The third-order valence-electron chi connectivity index (χ3n) is 3.86. The zero-order valence-corrected chi connectivity index (χ0v) is 17.3. The topological polar surface area (TPSA) is 135 Å². The molecule has 1 aliphatic heterocycles. The van der Waals surface area contributed by atoms with E-state index in [0.29, 0.717) is 6.42 Å². The number of ether oxygens (including phenoxy) is 3. The minimum Gasteiger partial charge on any atom is -0.382 e. The number of hydrogen-bond acceptors (Lipinski definition) is 10. The molecule has 1 rings (SSSR count). The van der Waals surface area contributed by atoms with Gasteiger partial charge in [0.1, 0.15) is 30.5 Å². The summed E-state index contributed by atoms with van der Waals surface area (Å²) in [5, 5.41) is 10.8. The number of methoxy groups -OCH3 is 1. The number of unbranched alkanes of at least 4 members (excludes halogenated alkanes) is 1. The zero-order chi connectivity index (χ0) is 20.2. The molecule has 0 radical (unpaired) electrons. The highest BCUT2D eigenvalue weighted by Crippen LogP contribution is 2.42. The van der Waals surface area contributed by atoms with Crippen LogP contribution in [0, 0.1) is 0 Å². The minimum atomic E-state index is -3.88. The summed E-state index contributed by atoms with van der Waals surface area (Å²) >= 11 is 0. The van der Waals surface area contributed by atoms with Gasteiger partial charge in [-0.25, -0.2) is 0 Å². The van der Waals surface area contributed by atoms with Gasteiger partial charge in [0, 0.05) is 13.7 Å². The Morgan fingerprint density at radius 2 is 1.58 bits per heavy atom. The van der Waals surface area contributed by atoms with Gasteiger partial charge in [-0.1, -0.05) is 13.3 Å². The maximum atomic E-state index is 11.4. The van der Waals surface area contributed by atoms with Gasteiger partial charge in [0.15, 0.2) is 6.29 Å². The highest BCUT2D eigenvalue weighted by Gasteiger charge is 2.63. The van der Waals surface area contributed by atoms with E-state index in [-0.39, 0.29) is 6.61 Å². The van der Waals surface area contributed by atoms with Gasteiger partial charge in [0.05, 0.1) is 12.5 Å². The standard InChI is InChI=1S/C14H28O10S2/c1-6-7-8-21-11-13(2,15)12(20-3)24-14(11,9-22-25(4,16)17)10-23-26(5,18)19/h11-12,15H,6-10H2,1-5H3/t11-,12-,13?/m0/s1. The summed E-state index contributed by atoms with van der Waals surface area (Å²) in [4.78, 5) is 0. The summed E-state index contributed by atoms with van der Waals surface area (Å²) < 4.78 is 71.9. The van der Waals surface area contributed by atoms with Gasteiger partial charge in [0.2, 0.25) is 0 Å². The van der Waals surface area contributed by atoms with E-state index in [4.69, 9.17) is 22.6 Å². The van der Waals surface area contributed by atoms with E-state index >= 15 is 0 Å². The molecule has 0 aromatic rings. The Morgan fingerprint density at radius 3 is 1.96 bits per heavy atom. The summed E-state index contributed by atoms with van der Waals surface area (Å²) in [6.45, 7) is 2.33. The molecular weight excluding hydrogens is 392 g/mol. The van der Waals surface area contributed by atoms with Gasteiger partial charge >= 0.3 is 0 Å². The Bertz CT molecular complexity index is 619. The molecule has 1 heterocycles. The molecule has 1 aliphatic rings. The van der Waals surface area contributed by atoms with Gasteiger partial charge in [-0.2, -0.15) is 16.8 Å². The molecule has 0 amide bonds. The Labute approximate surface area is 155 Å². The highest BCUT2D eigenvalue weighted by molar-refractivity contribution is 7.86. The van der Waals surface area contributed by atoms with Gasteiger partial charge in [0.25, 0.3) is 20.2 Å². The van der Waals surface area contributed by atoms with Crippen molar-refractivity contribution in [2.75, 3.05) is 39.4 Å². The number of rotatable bonds is 11. The van der Waals surface area contributed by atoms with E-state index in [1.54, 1.807) is 0 Å². The molecule has 1 fully saturated rings. The molecule has 10 nitrogen and oxygen atoms in total. The molecule has 0 saturated carbocycles. The van der Waals surface area contributed by atoms with Crippen LogP contribution in [-0.2, 0) is 42.8 Å². The van der Waals surface area contributed by atoms with Crippen molar-refractivity contribution in [1.82, 2.24) is 0 Å². The first-order chi connectivity index (χ1) is 11.8. The van der Waals surface area contributed by atoms with E-state index in [1.807, 2.05) is 6.92 Å². The maximum Gasteiger partial charge on any atom is 0.264 e. The van der Waals surface area contributed by atoms with Crippen LogP contribution < -0.4 is 0 Å². The average Bonchev–Trinajstić information content (AvgIpc) is 2.71. The molecule has 0 aromatic heterocycles. The highest BCUT2D eigenvalue weighted by atomic mass is 32.2. The van der Waals surface area contributed by atoms with Gasteiger partial charge < -0.3 is 19.3 Å². The molecular formula is C14H28O10S2. The molecule has 1 saturated heterocycles. The second-order valence-corrected chi connectivity index (χ2v) is 9.80. The molecule has 1 unspecified atom stereocenters. The second-order valence-electron chi connectivity index (χ2n) is 6.51. The van der Waals surface area contributed by atoms with Crippen molar-refractivity contribution in [2.45, 2.75) is 50.3 Å². The Balaban J connectivity index is 3.24.